The molecule has 1 fully saturated rings. The first-order chi connectivity index (χ1) is 11.3. The Morgan fingerprint density at radius 3 is 2.79 bits per heavy atom. The fourth-order valence-electron chi connectivity index (χ4n) is 2.89. The highest BCUT2D eigenvalue weighted by Gasteiger charge is 2.31. The average molecular weight is 330 g/mol. The van der Waals surface area contributed by atoms with Gasteiger partial charge in [0, 0.05) is 18.4 Å². The van der Waals surface area contributed by atoms with E-state index in [4.69, 9.17) is 10.5 Å². The van der Waals surface area contributed by atoms with Crippen LogP contribution in [-0.4, -0.2) is 40.5 Å². The Morgan fingerprint density at radius 2 is 2.17 bits per heavy atom. The number of rotatable bonds is 2. The van der Waals surface area contributed by atoms with Crippen LogP contribution < -0.4 is 10.6 Å². The number of hydrogen-bond acceptors (Lipinski definition) is 5. The van der Waals surface area contributed by atoms with Crippen molar-refractivity contribution in [3.8, 4) is 0 Å². The molecule has 1 aromatic carbocycles. The SMILES string of the molecule is CC(C)(C)OC(=O)n1ncc2c(N3CC(CN)CC3=O)cccc21. The number of nitrogens with zero attached hydrogens (tertiary/aromatic N) is 3. The van der Waals surface area contributed by atoms with Gasteiger partial charge in [-0.25, -0.2) is 4.79 Å². The van der Waals surface area contributed by atoms with E-state index in [1.54, 1.807) is 37.9 Å². The number of benzene rings is 1. The van der Waals surface area contributed by atoms with Crippen LogP contribution in [-0.2, 0) is 9.53 Å². The van der Waals surface area contributed by atoms with Crippen molar-refractivity contribution in [3.05, 3.63) is 24.4 Å². The summed E-state index contributed by atoms with van der Waals surface area (Å²) >= 11 is 0. The summed E-state index contributed by atoms with van der Waals surface area (Å²) in [4.78, 5) is 26.3. The standard InChI is InChI=1S/C17H22N4O3/c1-17(2,3)24-16(23)21-14-6-4-5-13(12(14)9-19-21)20-10-11(8-18)7-15(20)22/h4-6,9,11H,7-8,10,18H2,1-3H3. The van der Waals surface area contributed by atoms with E-state index in [-0.39, 0.29) is 11.8 Å². The van der Waals surface area contributed by atoms with Gasteiger partial charge < -0.3 is 15.4 Å². The topological polar surface area (TPSA) is 90.5 Å². The van der Waals surface area contributed by atoms with Crippen LogP contribution in [0.25, 0.3) is 10.9 Å². The molecule has 1 aliphatic rings. The van der Waals surface area contributed by atoms with E-state index < -0.39 is 11.7 Å². The molecule has 0 spiro atoms. The molecule has 0 bridgehead atoms. The molecule has 1 aliphatic heterocycles. The minimum atomic E-state index is -0.605. The zero-order valence-corrected chi connectivity index (χ0v) is 14.2. The van der Waals surface area contributed by atoms with Gasteiger partial charge >= 0.3 is 6.09 Å². The van der Waals surface area contributed by atoms with Gasteiger partial charge in [0.2, 0.25) is 5.91 Å². The van der Waals surface area contributed by atoms with Crippen LogP contribution in [0.2, 0.25) is 0 Å². The van der Waals surface area contributed by atoms with Crippen molar-refractivity contribution >= 4 is 28.6 Å². The number of fused-ring (bicyclic) bond motifs is 1. The maximum Gasteiger partial charge on any atom is 0.435 e. The summed E-state index contributed by atoms with van der Waals surface area (Å²) in [7, 11) is 0. The van der Waals surface area contributed by atoms with Crippen LogP contribution in [0.5, 0.6) is 0 Å². The van der Waals surface area contributed by atoms with Crippen molar-refractivity contribution in [2.45, 2.75) is 32.8 Å². The van der Waals surface area contributed by atoms with Gasteiger partial charge in [-0.3, -0.25) is 4.79 Å². The molecule has 24 heavy (non-hydrogen) atoms. The highest BCUT2D eigenvalue weighted by molar-refractivity contribution is 6.05. The lowest BCUT2D eigenvalue weighted by Gasteiger charge is -2.19. The van der Waals surface area contributed by atoms with Crippen molar-refractivity contribution in [2.75, 3.05) is 18.0 Å². The number of aromatic nitrogens is 2. The average Bonchev–Trinajstić information content (AvgIpc) is 3.08. The molecule has 1 atom stereocenters. The summed E-state index contributed by atoms with van der Waals surface area (Å²) < 4.78 is 6.60. The maximum absolute atomic E-state index is 12.3. The lowest BCUT2D eigenvalue weighted by atomic mass is 10.1. The first-order valence-electron chi connectivity index (χ1n) is 8.00. The van der Waals surface area contributed by atoms with E-state index in [1.807, 2.05) is 12.1 Å². The van der Waals surface area contributed by atoms with Crippen molar-refractivity contribution in [1.82, 2.24) is 9.78 Å². The summed E-state index contributed by atoms with van der Waals surface area (Å²) in [5.74, 6) is 0.205. The molecule has 1 aromatic heterocycles. The largest absolute Gasteiger partial charge is 0.442 e. The molecule has 1 saturated heterocycles. The van der Waals surface area contributed by atoms with E-state index in [2.05, 4.69) is 5.10 Å². The van der Waals surface area contributed by atoms with Crippen molar-refractivity contribution in [1.29, 1.82) is 0 Å². The van der Waals surface area contributed by atoms with Gasteiger partial charge in [-0.1, -0.05) is 6.07 Å². The second kappa shape index (κ2) is 5.90. The summed E-state index contributed by atoms with van der Waals surface area (Å²) in [6, 6.07) is 5.46. The lowest BCUT2D eigenvalue weighted by molar-refractivity contribution is -0.117. The molecule has 7 heteroatoms. The molecule has 2 N–H and O–H groups in total. The van der Waals surface area contributed by atoms with E-state index in [9.17, 15) is 9.59 Å². The lowest BCUT2D eigenvalue weighted by Crippen LogP contribution is -2.27. The van der Waals surface area contributed by atoms with Crippen molar-refractivity contribution < 1.29 is 14.3 Å². The zero-order valence-electron chi connectivity index (χ0n) is 14.2. The van der Waals surface area contributed by atoms with Crippen molar-refractivity contribution in [2.24, 2.45) is 11.7 Å². The molecular formula is C17H22N4O3. The Balaban J connectivity index is 1.98. The number of ether oxygens (including phenoxy) is 1. The van der Waals surface area contributed by atoms with E-state index in [0.29, 0.717) is 25.0 Å². The van der Waals surface area contributed by atoms with Crippen LogP contribution in [0.4, 0.5) is 10.5 Å². The summed E-state index contributed by atoms with van der Waals surface area (Å²) in [5, 5.41) is 4.90. The fourth-order valence-corrected chi connectivity index (χ4v) is 2.89. The molecule has 2 heterocycles. The third kappa shape index (κ3) is 2.99. The number of carbonyl (C=O) groups is 2. The van der Waals surface area contributed by atoms with Gasteiger partial charge in [-0.2, -0.15) is 9.78 Å². The summed E-state index contributed by atoms with van der Waals surface area (Å²) in [6.07, 6.45) is 1.51. The van der Waals surface area contributed by atoms with E-state index >= 15 is 0 Å². The molecule has 128 valence electrons. The predicted octanol–water partition coefficient (Wildman–Crippen LogP) is 2.13. The smallest absolute Gasteiger partial charge is 0.435 e. The number of hydrogen-bond donors (Lipinski definition) is 1. The first-order valence-corrected chi connectivity index (χ1v) is 8.00. The van der Waals surface area contributed by atoms with Gasteiger partial charge in [-0.15, -0.1) is 0 Å². The van der Waals surface area contributed by atoms with Crippen LogP contribution in [0.1, 0.15) is 27.2 Å². The summed E-state index contributed by atoms with van der Waals surface area (Å²) in [5.41, 5.74) is 6.46. The van der Waals surface area contributed by atoms with Crippen LogP contribution >= 0.6 is 0 Å². The van der Waals surface area contributed by atoms with Gasteiger partial charge in [0.1, 0.15) is 5.60 Å². The van der Waals surface area contributed by atoms with Crippen LogP contribution in [0, 0.1) is 5.92 Å². The molecule has 0 saturated carbocycles. The highest BCUT2D eigenvalue weighted by Crippen LogP contribution is 2.31. The summed E-state index contributed by atoms with van der Waals surface area (Å²) in [6.45, 7) is 6.48. The predicted molar refractivity (Wildman–Crippen MR) is 90.9 cm³/mol. The maximum atomic E-state index is 12.3. The van der Waals surface area contributed by atoms with Crippen molar-refractivity contribution in [3.63, 3.8) is 0 Å². The molecule has 7 nitrogen and oxygen atoms in total. The third-order valence-corrected chi connectivity index (χ3v) is 3.99. The molecule has 1 unspecified atom stereocenters. The molecule has 2 aromatic rings. The molecule has 1 amide bonds. The van der Waals surface area contributed by atoms with Gasteiger partial charge in [0.15, 0.2) is 0 Å². The second-order valence-electron chi connectivity index (χ2n) is 7.06. The van der Waals surface area contributed by atoms with Crippen LogP contribution in [0.15, 0.2) is 24.4 Å². The Hall–Kier alpha value is -2.41. The highest BCUT2D eigenvalue weighted by atomic mass is 16.6. The molecule has 3 rings (SSSR count). The molecular weight excluding hydrogens is 308 g/mol. The Kier molecular flexibility index (Phi) is 4.04. The molecule has 0 aliphatic carbocycles. The Labute approximate surface area is 140 Å². The van der Waals surface area contributed by atoms with Gasteiger partial charge in [0.05, 0.1) is 17.4 Å². The van der Waals surface area contributed by atoms with Gasteiger partial charge in [-0.05, 0) is 45.4 Å². The monoisotopic (exact) mass is 330 g/mol. The van der Waals surface area contributed by atoms with Gasteiger partial charge in [0.25, 0.3) is 0 Å². The number of amides is 1. The third-order valence-electron chi connectivity index (χ3n) is 3.99. The Bertz CT molecular complexity index is 791. The number of carbonyl (C=O) groups excluding carboxylic acids is 2. The quantitative estimate of drug-likeness (QED) is 0.911. The number of nitrogens with two attached hydrogens (primary N) is 1. The molecule has 0 radical (unpaired) electrons. The fraction of sp³-hybridized carbons (Fsp3) is 0.471. The van der Waals surface area contributed by atoms with E-state index in [1.165, 1.54) is 4.68 Å². The normalized spacial score (nSPS) is 18.4. The first kappa shape index (κ1) is 16.4. The zero-order chi connectivity index (χ0) is 17.5. The van der Waals surface area contributed by atoms with Crippen LogP contribution in [0.3, 0.4) is 0 Å². The van der Waals surface area contributed by atoms with E-state index in [0.717, 1.165) is 11.1 Å². The minimum Gasteiger partial charge on any atom is -0.442 e. The minimum absolute atomic E-state index is 0.0444. The number of anilines is 1. The Morgan fingerprint density at radius 1 is 1.42 bits per heavy atom. The second-order valence-corrected chi connectivity index (χ2v) is 7.06.